The predicted octanol–water partition coefficient (Wildman–Crippen LogP) is 8.39. The number of rotatable bonds is 16. The molecular weight excluding hydrogens is 898 g/mol. The first-order valence-electron chi connectivity index (χ1n) is 20.3. The predicted molar refractivity (Wildman–Crippen MR) is 240 cm³/mol. The number of benzene rings is 4. The highest BCUT2D eigenvalue weighted by atomic mass is 35.5. The number of nitrogens with one attached hydrogen (secondary N) is 2. The van der Waals surface area contributed by atoms with E-state index in [-0.39, 0.29) is 31.0 Å². The molecule has 0 spiro atoms. The summed E-state index contributed by atoms with van der Waals surface area (Å²) in [6.07, 6.45) is 1.26. The van der Waals surface area contributed by atoms with Gasteiger partial charge >= 0.3 is 5.51 Å². The van der Waals surface area contributed by atoms with Crippen molar-refractivity contribution >= 4 is 54.7 Å². The molecule has 4 aromatic carbocycles. The average molecular weight is 947 g/mol. The Kier molecular flexibility index (Phi) is 14.7. The van der Waals surface area contributed by atoms with E-state index in [2.05, 4.69) is 24.9 Å². The van der Waals surface area contributed by atoms with Crippen LogP contribution in [0.15, 0.2) is 118 Å². The van der Waals surface area contributed by atoms with Gasteiger partial charge in [-0.05, 0) is 99.1 Å². The first kappa shape index (κ1) is 46.7. The maximum atomic E-state index is 16.0. The Labute approximate surface area is 375 Å². The van der Waals surface area contributed by atoms with Crippen LogP contribution in [0.3, 0.4) is 0 Å². The number of aromatic nitrogens is 2. The summed E-state index contributed by atoms with van der Waals surface area (Å²) in [5.41, 5.74) is -1.98. The van der Waals surface area contributed by atoms with Gasteiger partial charge in [-0.25, -0.2) is 31.2 Å². The number of alkyl halides is 4. The molecule has 2 aliphatic rings. The highest BCUT2D eigenvalue weighted by Gasteiger charge is 2.48. The minimum atomic E-state index is -6.02. The molecular formula is C44H48ClF4N7O4S3. The zero-order valence-corrected chi connectivity index (χ0v) is 37.8. The van der Waals surface area contributed by atoms with E-state index in [9.17, 15) is 30.0 Å². The molecule has 5 aromatic rings. The minimum absolute atomic E-state index is 0.0882. The summed E-state index contributed by atoms with van der Waals surface area (Å²) in [7, 11) is -7.02. The largest absolute Gasteiger partial charge is 0.501 e. The number of piperidine rings is 1. The fraction of sp³-hybridized carbons (Fsp3) is 0.364. The van der Waals surface area contributed by atoms with Gasteiger partial charge in [0, 0.05) is 66.0 Å². The molecule has 0 aliphatic carbocycles. The summed E-state index contributed by atoms with van der Waals surface area (Å²) in [6.45, 7) is 2.60. The molecule has 11 nitrogen and oxygen atoms in total. The number of likely N-dealkylation sites (tertiary alicyclic amines) is 1. The Morgan fingerprint density at radius 3 is 2.38 bits per heavy atom. The third kappa shape index (κ3) is 11.3. The molecule has 0 amide bonds. The second kappa shape index (κ2) is 19.8. The smallest absolute Gasteiger partial charge is 0.380 e. The Morgan fingerprint density at radius 1 is 0.937 bits per heavy atom. The molecule has 3 atom stereocenters. The number of anilines is 2. The molecule has 1 saturated heterocycles. The van der Waals surface area contributed by atoms with Crippen LogP contribution in [0.25, 0.3) is 11.1 Å². The lowest BCUT2D eigenvalue weighted by Gasteiger charge is -2.42. The molecule has 0 bridgehead atoms. The van der Waals surface area contributed by atoms with Gasteiger partial charge in [-0.15, -0.1) is 11.8 Å². The number of nitrogens with zero attached hydrogens (tertiary/aromatic N) is 5. The first-order valence-corrected chi connectivity index (χ1v) is 24.7. The van der Waals surface area contributed by atoms with E-state index in [0.717, 1.165) is 33.7 Å². The maximum Gasteiger partial charge on any atom is 0.501 e. The van der Waals surface area contributed by atoms with Crippen molar-refractivity contribution in [3.8, 4) is 11.1 Å². The van der Waals surface area contributed by atoms with Gasteiger partial charge in [-0.1, -0.05) is 66.2 Å². The normalized spacial score (nSPS) is 18.2. The van der Waals surface area contributed by atoms with E-state index in [1.54, 1.807) is 0 Å². The van der Waals surface area contributed by atoms with Crippen molar-refractivity contribution in [2.45, 2.75) is 70.8 Å². The average Bonchev–Trinajstić information content (AvgIpc) is 3.25. The molecule has 7 rings (SSSR count). The number of hydrogen-bond acceptors (Lipinski definition) is 11. The van der Waals surface area contributed by atoms with Crippen LogP contribution in [0.5, 0.6) is 0 Å². The number of hydrogen-bond donors (Lipinski definition) is 2. The summed E-state index contributed by atoms with van der Waals surface area (Å²) < 4.78 is 115. The molecule has 0 radical (unpaired) electrons. The van der Waals surface area contributed by atoms with Gasteiger partial charge < -0.3 is 10.2 Å². The molecule has 3 heterocycles. The fourth-order valence-corrected chi connectivity index (χ4v) is 11.1. The molecule has 63 heavy (non-hydrogen) atoms. The van der Waals surface area contributed by atoms with Crippen molar-refractivity contribution in [1.82, 2.24) is 24.7 Å². The van der Waals surface area contributed by atoms with Crippen LogP contribution < -0.4 is 10.0 Å². The third-order valence-electron chi connectivity index (χ3n) is 11.2. The monoisotopic (exact) mass is 945 g/mol. The number of sulfone groups is 1. The summed E-state index contributed by atoms with van der Waals surface area (Å²) in [6, 6.07) is 26.7. The van der Waals surface area contributed by atoms with Gasteiger partial charge in [-0.3, -0.25) is 14.5 Å². The molecule has 2 N–H and O–H groups in total. The van der Waals surface area contributed by atoms with Gasteiger partial charge in [0.1, 0.15) is 23.2 Å². The molecule has 19 heteroatoms. The van der Waals surface area contributed by atoms with Crippen molar-refractivity contribution in [2.24, 2.45) is 0 Å². The number of fused-ring (bicyclic) bond motifs is 1. The van der Waals surface area contributed by atoms with E-state index in [4.69, 9.17) is 11.6 Å². The van der Waals surface area contributed by atoms with Crippen LogP contribution in [-0.2, 0) is 39.4 Å². The van der Waals surface area contributed by atoms with E-state index < -0.39 is 53.4 Å². The van der Waals surface area contributed by atoms with Crippen LogP contribution in [0.2, 0.25) is 5.02 Å². The molecule has 336 valence electrons. The maximum absolute atomic E-state index is 16.0. The van der Waals surface area contributed by atoms with E-state index in [1.807, 2.05) is 103 Å². The molecule has 2 aliphatic heterocycles. The van der Waals surface area contributed by atoms with Gasteiger partial charge in [0.2, 0.25) is 0 Å². The lowest BCUT2D eigenvalue weighted by molar-refractivity contribution is -0.0435. The highest BCUT2D eigenvalue weighted by molar-refractivity contribution is 7.99. The van der Waals surface area contributed by atoms with Crippen LogP contribution in [0, 0.1) is 0 Å². The van der Waals surface area contributed by atoms with Crippen LogP contribution in [-0.4, -0.2) is 111 Å². The minimum Gasteiger partial charge on any atom is -0.380 e. The third-order valence-corrected chi connectivity index (χ3v) is 15.5. The van der Waals surface area contributed by atoms with Crippen molar-refractivity contribution in [1.29, 1.82) is 0 Å². The van der Waals surface area contributed by atoms with Crippen LogP contribution in [0.4, 0.5) is 29.1 Å². The summed E-state index contributed by atoms with van der Waals surface area (Å²) in [5.74, 6) is 0.294. The second-order valence-corrected chi connectivity index (χ2v) is 21.0. The summed E-state index contributed by atoms with van der Waals surface area (Å²) >= 11 is 7.56. The molecule has 1 aromatic heterocycles. The van der Waals surface area contributed by atoms with Gasteiger partial charge in [0.05, 0.1) is 16.3 Å². The van der Waals surface area contributed by atoms with E-state index in [1.165, 1.54) is 18.1 Å². The quantitative estimate of drug-likeness (QED) is 0.0732. The Balaban J connectivity index is 1.05. The molecule has 0 saturated carbocycles. The number of halogens is 5. The van der Waals surface area contributed by atoms with Gasteiger partial charge in [-0.2, -0.15) is 13.2 Å². The number of thioether (sulfide) groups is 1. The molecule has 3 unspecified atom stereocenters. The zero-order valence-electron chi connectivity index (χ0n) is 34.6. The Hall–Kier alpha value is -4.30. The summed E-state index contributed by atoms with van der Waals surface area (Å²) in [4.78, 5) is 13.6. The van der Waals surface area contributed by atoms with Gasteiger partial charge in [0.25, 0.3) is 19.9 Å². The Morgan fingerprint density at radius 2 is 1.67 bits per heavy atom. The van der Waals surface area contributed by atoms with Gasteiger partial charge in [0.15, 0.2) is 0 Å². The zero-order chi connectivity index (χ0) is 44.9. The van der Waals surface area contributed by atoms with Crippen LogP contribution in [0.1, 0.15) is 29.7 Å². The lowest BCUT2D eigenvalue weighted by Crippen LogP contribution is -2.53. The van der Waals surface area contributed by atoms with Crippen molar-refractivity contribution in [2.75, 3.05) is 56.1 Å². The van der Waals surface area contributed by atoms with E-state index >= 15 is 4.39 Å². The number of sulfonamides is 1. The van der Waals surface area contributed by atoms with Crippen molar-refractivity contribution in [3.63, 3.8) is 0 Å². The standard InChI is InChI=1S/C44H48ClF4N7O4S3/c1-54(2)21-18-33(28-61-34-9-4-3-5-10-34)52-39-17-16-35(24-42(39)62(57,58)44(47,48)49)63(59,60)53-43-37-19-23-56(27-40(37)50-29-51-43)41-20-22-55(26-38(41)46)25-31-8-6-7-11-36(31)30-12-14-32(45)15-13-30/h3-17,24,29,33,38,41,52H,18-23,25-28H2,1-2H3,(H,50,51,53). The fourth-order valence-electron chi connectivity index (χ4n) is 7.93. The highest BCUT2D eigenvalue weighted by Crippen LogP contribution is 2.38. The molecule has 1 fully saturated rings. The SMILES string of the molecule is CN(C)CCC(CSc1ccccc1)Nc1ccc(S(=O)(=O)Nc2ncnc3c2CCN(C2CCN(Cc4ccccc4-c4ccc(Cl)cc4)CC2F)C3)cc1S(=O)(=O)C(F)(F)F. The second-order valence-electron chi connectivity index (χ2n) is 15.9. The summed E-state index contributed by atoms with van der Waals surface area (Å²) in [5, 5.41) is 3.62. The van der Waals surface area contributed by atoms with Crippen LogP contribution >= 0.6 is 23.4 Å². The Bertz CT molecular complexity index is 2590. The first-order chi connectivity index (χ1) is 30.0. The van der Waals surface area contributed by atoms with Crippen molar-refractivity contribution < 1.29 is 34.4 Å². The van der Waals surface area contributed by atoms with Crippen molar-refractivity contribution in [3.05, 3.63) is 125 Å². The lowest BCUT2D eigenvalue weighted by atomic mass is 9.95. The van der Waals surface area contributed by atoms with E-state index in [0.29, 0.717) is 67.1 Å². The topological polar surface area (TPSA) is 128 Å².